The quantitative estimate of drug-likeness (QED) is 0.131. The van der Waals surface area contributed by atoms with Gasteiger partial charge in [-0.15, -0.1) is 0 Å². The van der Waals surface area contributed by atoms with Crippen LogP contribution in [0.2, 0.25) is 0 Å². The van der Waals surface area contributed by atoms with Crippen molar-refractivity contribution in [1.82, 2.24) is 0 Å². The fourth-order valence-electron chi connectivity index (χ4n) is 2.50. The Morgan fingerprint density at radius 3 is 0.759 bits per heavy atom. The predicted molar refractivity (Wildman–Crippen MR) is 91.7 cm³/mol. The molecule has 0 amide bonds. The van der Waals surface area contributed by atoms with E-state index in [0.717, 1.165) is 0 Å². The lowest BCUT2D eigenvalue weighted by molar-refractivity contribution is 0.276. The zero-order chi connectivity index (χ0) is 24.0. The summed E-state index contributed by atoms with van der Waals surface area (Å²) < 4.78 is 69.0. The summed E-state index contributed by atoms with van der Waals surface area (Å²) in [5.41, 5.74) is 0. The van der Waals surface area contributed by atoms with Crippen molar-refractivity contribution in [1.29, 1.82) is 0 Å². The molecule has 0 saturated carbocycles. The third-order valence-corrected chi connectivity index (χ3v) is 15.1. The molecule has 0 spiro atoms. The zero-order valence-corrected chi connectivity index (χ0v) is 18.9. The highest BCUT2D eigenvalue weighted by Crippen LogP contribution is 2.74. The van der Waals surface area contributed by atoms with Crippen LogP contribution in [0.1, 0.15) is 6.42 Å². The molecule has 0 bridgehead atoms. The van der Waals surface area contributed by atoms with Gasteiger partial charge in [0, 0.05) is 5.92 Å². The lowest BCUT2D eigenvalue weighted by Crippen LogP contribution is -2.35. The zero-order valence-electron chi connectivity index (χ0n) is 13.5. The minimum Gasteiger partial charge on any atom is -0.324 e. The first kappa shape index (κ1) is 29.9. The van der Waals surface area contributed by atoms with Gasteiger partial charge in [0.25, 0.3) is 0 Å². The molecule has 0 fully saturated rings. The monoisotopic (exact) mass is 552 g/mol. The van der Waals surface area contributed by atoms with Crippen molar-refractivity contribution in [2.24, 2.45) is 5.92 Å². The second kappa shape index (κ2) is 9.03. The van der Waals surface area contributed by atoms with Gasteiger partial charge >= 0.3 is 45.6 Å². The summed E-state index contributed by atoms with van der Waals surface area (Å²) in [4.78, 5) is 110. The SMILES string of the molecule is O=P(O)(O)C(CC(C(P(=O)(O)O)P(=O)(O)O)C(P(=O)(O)O)P(=O)(O)O)P(=O)(O)O. The molecular formula is C5H18O18P6. The second-order valence-electron chi connectivity index (χ2n) is 5.74. The van der Waals surface area contributed by atoms with Crippen LogP contribution in [-0.2, 0) is 27.4 Å². The van der Waals surface area contributed by atoms with E-state index in [-0.39, 0.29) is 0 Å². The Kier molecular flexibility index (Phi) is 9.31. The summed E-state index contributed by atoms with van der Waals surface area (Å²) in [5, 5.41) is -10.7. The maximum Gasteiger partial charge on any atom is 0.341 e. The first-order chi connectivity index (χ1) is 12.2. The van der Waals surface area contributed by atoms with Crippen LogP contribution in [0.4, 0.5) is 0 Å². The highest BCUT2D eigenvalue weighted by atomic mass is 31.2. The van der Waals surface area contributed by atoms with E-state index in [0.29, 0.717) is 0 Å². The largest absolute Gasteiger partial charge is 0.341 e. The maximum absolute atomic E-state index is 11.6. The smallest absolute Gasteiger partial charge is 0.324 e. The van der Waals surface area contributed by atoms with Gasteiger partial charge in [-0.25, -0.2) is 0 Å². The normalized spacial score (nSPS) is 15.7. The van der Waals surface area contributed by atoms with Crippen LogP contribution in [0.5, 0.6) is 0 Å². The van der Waals surface area contributed by atoms with Gasteiger partial charge in [-0.05, 0) is 6.42 Å². The van der Waals surface area contributed by atoms with Gasteiger partial charge in [0.1, 0.15) is 0 Å². The van der Waals surface area contributed by atoms with E-state index in [9.17, 15) is 66.5 Å². The summed E-state index contributed by atoms with van der Waals surface area (Å²) in [6.07, 6.45) is -2.18. The van der Waals surface area contributed by atoms with Gasteiger partial charge < -0.3 is 58.7 Å². The summed E-state index contributed by atoms with van der Waals surface area (Å²) in [5.74, 6) is -3.36. The van der Waals surface area contributed by atoms with E-state index in [1.165, 1.54) is 0 Å². The lowest BCUT2D eigenvalue weighted by atomic mass is 10.1. The van der Waals surface area contributed by atoms with Crippen molar-refractivity contribution in [3.05, 3.63) is 0 Å². The summed E-state index contributed by atoms with van der Waals surface area (Å²) >= 11 is 0. The maximum atomic E-state index is 11.6. The molecule has 0 unspecified atom stereocenters. The summed E-state index contributed by atoms with van der Waals surface area (Å²) in [6, 6.07) is 0. The van der Waals surface area contributed by atoms with Crippen LogP contribution in [0.25, 0.3) is 0 Å². The van der Waals surface area contributed by atoms with Crippen molar-refractivity contribution < 1.29 is 86.1 Å². The Hall–Kier alpha value is 0.900. The Bertz CT molecular complexity index is 756. The van der Waals surface area contributed by atoms with Gasteiger partial charge in [0.15, 0.2) is 16.2 Å². The van der Waals surface area contributed by atoms with Crippen LogP contribution in [0.15, 0.2) is 0 Å². The molecule has 0 aliphatic rings. The Balaban J connectivity index is 7.18. The number of hydrogen-bond donors (Lipinski definition) is 12. The molecule has 0 aromatic carbocycles. The third-order valence-electron chi connectivity index (χ3n) is 3.40. The minimum atomic E-state index is -6.26. The number of rotatable bonds is 10. The molecular weight excluding hydrogens is 534 g/mol. The Labute approximate surface area is 161 Å². The average Bonchev–Trinajstić information content (AvgIpc) is 2.24. The van der Waals surface area contributed by atoms with Crippen molar-refractivity contribution in [3.63, 3.8) is 0 Å². The van der Waals surface area contributed by atoms with Crippen LogP contribution in [0.3, 0.4) is 0 Å². The van der Waals surface area contributed by atoms with E-state index in [4.69, 9.17) is 19.6 Å². The Morgan fingerprint density at radius 2 is 0.621 bits per heavy atom. The van der Waals surface area contributed by atoms with Crippen LogP contribution in [-0.4, -0.2) is 74.9 Å². The van der Waals surface area contributed by atoms with Crippen molar-refractivity contribution in [2.75, 3.05) is 0 Å². The van der Waals surface area contributed by atoms with Gasteiger partial charge in [-0.1, -0.05) is 0 Å². The molecule has 0 aliphatic carbocycles. The van der Waals surface area contributed by atoms with E-state index >= 15 is 0 Å². The average molecular weight is 552 g/mol. The molecule has 0 aliphatic heterocycles. The van der Waals surface area contributed by atoms with Crippen molar-refractivity contribution in [3.8, 4) is 0 Å². The first-order valence-corrected chi connectivity index (χ1v) is 16.6. The van der Waals surface area contributed by atoms with Gasteiger partial charge in [0.05, 0.1) is 0 Å². The molecule has 0 aromatic rings. The molecule has 0 radical (unpaired) electrons. The van der Waals surface area contributed by atoms with Crippen molar-refractivity contribution in [2.45, 2.75) is 22.6 Å². The standard InChI is InChI=1S/C5H18O18P6/c6-24(7,8)3(25(9,10)11)1-2(4(26(12,13)14)27(15,16)17)5(28(18,19)20)29(21,22)23/h2-5H,1H2,(H2,6,7,8)(H2,9,10,11)(H2,12,13,14)(H2,15,16,17)(H2,18,19,20)(H2,21,22,23). The lowest BCUT2D eigenvalue weighted by Gasteiger charge is -2.36. The molecule has 12 N–H and O–H groups in total. The Morgan fingerprint density at radius 1 is 0.414 bits per heavy atom. The highest BCUT2D eigenvalue weighted by molar-refractivity contribution is 7.73. The molecule has 24 heteroatoms. The van der Waals surface area contributed by atoms with Crippen molar-refractivity contribution >= 4 is 45.6 Å². The molecule has 176 valence electrons. The summed E-state index contributed by atoms with van der Waals surface area (Å²) in [6.45, 7) is 0. The van der Waals surface area contributed by atoms with Gasteiger partial charge in [0.2, 0.25) is 0 Å². The predicted octanol–water partition coefficient (Wildman–Crippen LogP) is -1.96. The molecule has 0 rings (SSSR count). The highest BCUT2D eigenvalue weighted by Gasteiger charge is 2.62. The van der Waals surface area contributed by atoms with Crippen LogP contribution >= 0.6 is 45.6 Å². The molecule has 0 atom stereocenters. The molecule has 0 aromatic heterocycles. The fourth-order valence-corrected chi connectivity index (χ4v) is 12.0. The van der Waals surface area contributed by atoms with E-state index in [2.05, 4.69) is 0 Å². The van der Waals surface area contributed by atoms with E-state index in [1.54, 1.807) is 0 Å². The second-order valence-corrected chi connectivity index (χ2v) is 17.5. The first-order valence-electron chi connectivity index (χ1n) is 6.53. The molecule has 0 saturated heterocycles. The third kappa shape index (κ3) is 8.75. The van der Waals surface area contributed by atoms with Gasteiger partial charge in [-0.2, -0.15) is 0 Å². The molecule has 0 heterocycles. The topological polar surface area (TPSA) is 345 Å². The minimum absolute atomic E-state index is 2.18. The molecule has 29 heavy (non-hydrogen) atoms. The van der Waals surface area contributed by atoms with Crippen LogP contribution in [0, 0.1) is 5.92 Å². The van der Waals surface area contributed by atoms with E-state index in [1.807, 2.05) is 0 Å². The van der Waals surface area contributed by atoms with Gasteiger partial charge in [-0.3, -0.25) is 27.4 Å². The summed E-state index contributed by atoms with van der Waals surface area (Å²) in [7, 11) is -37.1. The fraction of sp³-hybridized carbons (Fsp3) is 1.00. The number of hydrogen-bond acceptors (Lipinski definition) is 6. The van der Waals surface area contributed by atoms with Crippen LogP contribution < -0.4 is 0 Å². The van der Waals surface area contributed by atoms with E-state index < -0.39 is 74.1 Å². The molecule has 18 nitrogen and oxygen atoms in total.